The average Bonchev–Trinajstić information content (AvgIpc) is 2.05. The zero-order valence-electron chi connectivity index (χ0n) is 9.05. The predicted octanol–water partition coefficient (Wildman–Crippen LogP) is 0.00530. The molecule has 0 amide bonds. The van der Waals surface area contributed by atoms with E-state index in [1.807, 2.05) is 0 Å². The SMILES string of the molecule is CN(C)CCCN1CCNCC1.N. The summed E-state index contributed by atoms with van der Waals surface area (Å²) in [6.45, 7) is 7.27. The number of nitrogens with zero attached hydrogens (tertiary/aromatic N) is 2. The van der Waals surface area contributed by atoms with Gasteiger partial charge in [-0.3, -0.25) is 0 Å². The van der Waals surface area contributed by atoms with Gasteiger partial charge in [-0.05, 0) is 33.6 Å². The molecule has 0 aromatic rings. The van der Waals surface area contributed by atoms with Crippen LogP contribution in [-0.4, -0.2) is 63.2 Å². The van der Waals surface area contributed by atoms with Crippen LogP contribution in [0.5, 0.6) is 0 Å². The topological polar surface area (TPSA) is 53.5 Å². The molecule has 0 spiro atoms. The lowest BCUT2D eigenvalue weighted by Crippen LogP contribution is -2.44. The fraction of sp³-hybridized carbons (Fsp3) is 1.00. The average molecular weight is 188 g/mol. The normalized spacial score (nSPS) is 18.7. The van der Waals surface area contributed by atoms with E-state index in [2.05, 4.69) is 29.2 Å². The van der Waals surface area contributed by atoms with Crippen molar-refractivity contribution < 1.29 is 0 Å². The van der Waals surface area contributed by atoms with Gasteiger partial charge in [0, 0.05) is 26.2 Å². The molecule has 4 heteroatoms. The van der Waals surface area contributed by atoms with E-state index >= 15 is 0 Å². The molecular formula is C9H24N4. The molecule has 1 fully saturated rings. The molecule has 80 valence electrons. The standard InChI is InChI=1S/C9H21N3.H3N/c1-11(2)6-3-7-12-8-4-10-5-9-12;/h10H,3-9H2,1-2H3;1H3. The van der Waals surface area contributed by atoms with Crippen molar-refractivity contribution in [3.63, 3.8) is 0 Å². The molecule has 0 aromatic heterocycles. The van der Waals surface area contributed by atoms with Crippen molar-refractivity contribution >= 4 is 0 Å². The van der Waals surface area contributed by atoms with Crippen LogP contribution in [0.3, 0.4) is 0 Å². The monoisotopic (exact) mass is 188 g/mol. The first-order valence-electron chi connectivity index (χ1n) is 4.87. The van der Waals surface area contributed by atoms with Crippen molar-refractivity contribution in [2.45, 2.75) is 6.42 Å². The molecular weight excluding hydrogens is 164 g/mol. The fourth-order valence-electron chi connectivity index (χ4n) is 1.55. The zero-order chi connectivity index (χ0) is 8.81. The number of piperazine rings is 1. The first-order chi connectivity index (χ1) is 5.79. The number of hydrogen-bond donors (Lipinski definition) is 2. The van der Waals surface area contributed by atoms with Crippen molar-refractivity contribution in [3.8, 4) is 0 Å². The first-order valence-corrected chi connectivity index (χ1v) is 4.87. The second kappa shape index (κ2) is 7.26. The Morgan fingerprint density at radius 3 is 2.38 bits per heavy atom. The maximum atomic E-state index is 3.36. The molecule has 0 aromatic carbocycles. The third-order valence-corrected chi connectivity index (χ3v) is 2.29. The molecule has 0 radical (unpaired) electrons. The molecule has 1 rings (SSSR count). The van der Waals surface area contributed by atoms with Crippen LogP contribution >= 0.6 is 0 Å². The van der Waals surface area contributed by atoms with Gasteiger partial charge in [-0.25, -0.2) is 0 Å². The summed E-state index contributed by atoms with van der Waals surface area (Å²) in [5, 5.41) is 3.36. The highest BCUT2D eigenvalue weighted by Gasteiger charge is 2.07. The van der Waals surface area contributed by atoms with Gasteiger partial charge in [0.15, 0.2) is 0 Å². The fourth-order valence-corrected chi connectivity index (χ4v) is 1.55. The minimum absolute atomic E-state index is 0. The van der Waals surface area contributed by atoms with E-state index in [1.165, 1.54) is 45.7 Å². The van der Waals surface area contributed by atoms with Crippen molar-refractivity contribution in [1.29, 1.82) is 0 Å². The molecule has 0 bridgehead atoms. The van der Waals surface area contributed by atoms with Gasteiger partial charge in [0.05, 0.1) is 0 Å². The van der Waals surface area contributed by atoms with Gasteiger partial charge in [0.2, 0.25) is 0 Å². The molecule has 0 aliphatic carbocycles. The number of rotatable bonds is 4. The highest BCUT2D eigenvalue weighted by molar-refractivity contribution is 4.67. The van der Waals surface area contributed by atoms with Gasteiger partial charge in [-0.15, -0.1) is 0 Å². The van der Waals surface area contributed by atoms with E-state index in [4.69, 9.17) is 0 Å². The molecule has 1 aliphatic rings. The van der Waals surface area contributed by atoms with E-state index in [0.29, 0.717) is 0 Å². The van der Waals surface area contributed by atoms with E-state index in [1.54, 1.807) is 0 Å². The largest absolute Gasteiger partial charge is 0.344 e. The Hall–Kier alpha value is -0.160. The van der Waals surface area contributed by atoms with Crippen LogP contribution in [0.2, 0.25) is 0 Å². The van der Waals surface area contributed by atoms with Crippen LogP contribution in [0.4, 0.5) is 0 Å². The van der Waals surface area contributed by atoms with Gasteiger partial charge < -0.3 is 21.3 Å². The van der Waals surface area contributed by atoms with Crippen molar-refractivity contribution in [3.05, 3.63) is 0 Å². The Morgan fingerprint density at radius 2 is 1.85 bits per heavy atom. The molecule has 1 saturated heterocycles. The Balaban J connectivity index is 0.00000144. The van der Waals surface area contributed by atoms with E-state index < -0.39 is 0 Å². The minimum atomic E-state index is 0. The quantitative estimate of drug-likeness (QED) is 0.652. The smallest absolute Gasteiger partial charge is 0.0107 e. The number of hydrogen-bond acceptors (Lipinski definition) is 4. The summed E-state index contributed by atoms with van der Waals surface area (Å²) in [6, 6.07) is 0. The van der Waals surface area contributed by atoms with Crippen LogP contribution in [0.25, 0.3) is 0 Å². The van der Waals surface area contributed by atoms with Crippen molar-refractivity contribution in [2.75, 3.05) is 53.4 Å². The van der Waals surface area contributed by atoms with Crippen molar-refractivity contribution in [1.82, 2.24) is 21.3 Å². The van der Waals surface area contributed by atoms with Gasteiger partial charge in [0.1, 0.15) is 0 Å². The van der Waals surface area contributed by atoms with Gasteiger partial charge >= 0.3 is 0 Å². The summed E-state index contributed by atoms with van der Waals surface area (Å²) in [6.07, 6.45) is 1.30. The van der Waals surface area contributed by atoms with Gasteiger partial charge in [0.25, 0.3) is 0 Å². The summed E-state index contributed by atoms with van der Waals surface area (Å²) in [4.78, 5) is 4.79. The third kappa shape index (κ3) is 5.99. The van der Waals surface area contributed by atoms with Gasteiger partial charge in [-0.2, -0.15) is 0 Å². The molecule has 4 nitrogen and oxygen atoms in total. The summed E-state index contributed by atoms with van der Waals surface area (Å²) in [5.74, 6) is 0. The molecule has 4 N–H and O–H groups in total. The van der Waals surface area contributed by atoms with Crippen LogP contribution in [0.1, 0.15) is 6.42 Å². The van der Waals surface area contributed by atoms with Crippen LogP contribution in [0, 0.1) is 0 Å². The predicted molar refractivity (Wildman–Crippen MR) is 57.5 cm³/mol. The highest BCUT2D eigenvalue weighted by atomic mass is 15.2. The summed E-state index contributed by atoms with van der Waals surface area (Å²) in [7, 11) is 4.27. The molecule has 0 saturated carbocycles. The van der Waals surface area contributed by atoms with Crippen LogP contribution in [0.15, 0.2) is 0 Å². The second-order valence-electron chi connectivity index (χ2n) is 3.75. The van der Waals surface area contributed by atoms with E-state index in [0.717, 1.165) is 0 Å². The zero-order valence-corrected chi connectivity index (χ0v) is 9.05. The Kier molecular flexibility index (Phi) is 7.17. The maximum Gasteiger partial charge on any atom is 0.0107 e. The second-order valence-corrected chi connectivity index (χ2v) is 3.75. The lowest BCUT2D eigenvalue weighted by atomic mass is 10.3. The lowest BCUT2D eigenvalue weighted by molar-refractivity contribution is 0.228. The highest BCUT2D eigenvalue weighted by Crippen LogP contribution is 1.94. The van der Waals surface area contributed by atoms with Gasteiger partial charge in [-0.1, -0.05) is 0 Å². The summed E-state index contributed by atoms with van der Waals surface area (Å²) >= 11 is 0. The Bertz CT molecular complexity index is 110. The molecule has 1 heterocycles. The Labute approximate surface area is 81.9 Å². The molecule has 13 heavy (non-hydrogen) atoms. The van der Waals surface area contributed by atoms with E-state index in [9.17, 15) is 0 Å². The maximum absolute atomic E-state index is 3.36. The van der Waals surface area contributed by atoms with E-state index in [-0.39, 0.29) is 6.15 Å². The summed E-state index contributed by atoms with van der Waals surface area (Å²) in [5.41, 5.74) is 0. The molecule has 1 aliphatic heterocycles. The minimum Gasteiger partial charge on any atom is -0.344 e. The summed E-state index contributed by atoms with van der Waals surface area (Å²) < 4.78 is 0. The molecule has 0 unspecified atom stereocenters. The van der Waals surface area contributed by atoms with Crippen LogP contribution < -0.4 is 11.5 Å². The lowest BCUT2D eigenvalue weighted by Gasteiger charge is -2.27. The third-order valence-electron chi connectivity index (χ3n) is 2.29. The Morgan fingerprint density at radius 1 is 1.23 bits per heavy atom. The first kappa shape index (κ1) is 12.8. The van der Waals surface area contributed by atoms with Crippen LogP contribution in [-0.2, 0) is 0 Å². The van der Waals surface area contributed by atoms with Crippen molar-refractivity contribution in [2.24, 2.45) is 0 Å². The number of nitrogens with one attached hydrogen (secondary N) is 1. The molecule has 0 atom stereocenters.